The number of aromatic nitrogens is 2. The van der Waals surface area contributed by atoms with Crippen LogP contribution in [-0.2, 0) is 9.53 Å². The Morgan fingerprint density at radius 2 is 2.00 bits per heavy atom. The van der Waals surface area contributed by atoms with Gasteiger partial charge in [-0.3, -0.25) is 9.79 Å². The third kappa shape index (κ3) is 6.81. The van der Waals surface area contributed by atoms with Crippen molar-refractivity contribution in [2.45, 2.75) is 64.1 Å². The van der Waals surface area contributed by atoms with Gasteiger partial charge in [0.1, 0.15) is 17.7 Å². The van der Waals surface area contributed by atoms with Crippen LogP contribution >= 0.6 is 0 Å². The molecule has 7 heteroatoms. The highest BCUT2D eigenvalue weighted by atomic mass is 19.1. The highest BCUT2D eigenvalue weighted by Gasteiger charge is 2.28. The molecule has 0 spiro atoms. The summed E-state index contributed by atoms with van der Waals surface area (Å²) in [5.41, 5.74) is 3.70. The molecule has 1 aliphatic carbocycles. The van der Waals surface area contributed by atoms with Crippen LogP contribution in [0, 0.1) is 23.6 Å². The molecule has 0 amide bonds. The van der Waals surface area contributed by atoms with E-state index in [2.05, 4.69) is 33.8 Å². The maximum atomic E-state index is 15.3. The number of unbranched alkanes of at least 4 members (excludes halogenated alkanes) is 2. The number of imidazole rings is 1. The average molecular weight is 529 g/mol. The van der Waals surface area contributed by atoms with E-state index in [0.717, 1.165) is 80.3 Å². The van der Waals surface area contributed by atoms with Gasteiger partial charge in [-0.2, -0.15) is 0 Å². The van der Waals surface area contributed by atoms with Gasteiger partial charge in [-0.15, -0.1) is 0 Å². The predicted molar refractivity (Wildman–Crippen MR) is 152 cm³/mol. The van der Waals surface area contributed by atoms with E-state index in [1.807, 2.05) is 31.2 Å². The number of fused-ring (bicyclic) bond motifs is 1. The van der Waals surface area contributed by atoms with Crippen LogP contribution in [0.15, 0.2) is 47.5 Å². The molecule has 2 unspecified atom stereocenters. The number of piperidine rings is 1. The number of hydrogen-bond donors (Lipinski definition) is 1. The van der Waals surface area contributed by atoms with E-state index in [9.17, 15) is 4.79 Å². The van der Waals surface area contributed by atoms with Crippen LogP contribution in [-0.4, -0.2) is 59.1 Å². The minimum Gasteiger partial charge on any atom is -0.362 e. The van der Waals surface area contributed by atoms with Crippen LogP contribution in [0.3, 0.4) is 0 Å². The van der Waals surface area contributed by atoms with Crippen molar-refractivity contribution in [1.29, 1.82) is 0 Å². The number of para-hydroxylation sites is 2. The van der Waals surface area contributed by atoms with E-state index in [1.54, 1.807) is 12.1 Å². The fourth-order valence-corrected chi connectivity index (χ4v) is 5.27. The van der Waals surface area contributed by atoms with E-state index in [-0.39, 0.29) is 23.6 Å². The van der Waals surface area contributed by atoms with Crippen LogP contribution in [0.2, 0.25) is 0 Å². The first kappa shape index (κ1) is 27.2. The molecule has 2 atom stereocenters. The maximum Gasteiger partial charge on any atom is 0.179 e. The Morgan fingerprint density at radius 1 is 1.18 bits per heavy atom. The molecule has 0 bridgehead atoms. The van der Waals surface area contributed by atoms with E-state index >= 15 is 4.39 Å². The fourth-order valence-electron chi connectivity index (χ4n) is 5.27. The molecule has 2 aromatic carbocycles. The number of Topliss-reactive ketones (excluding diaryl/α,β-unsaturated/α-hetero) is 1. The minimum atomic E-state index is -0.646. The highest BCUT2D eigenvalue weighted by molar-refractivity contribution is 6.42. The zero-order valence-corrected chi connectivity index (χ0v) is 22.9. The lowest BCUT2D eigenvalue weighted by molar-refractivity contribution is -0.115. The number of nitrogens with one attached hydrogen (secondary N) is 1. The number of aliphatic imine (C=N–C) groups is 1. The van der Waals surface area contributed by atoms with Gasteiger partial charge in [0.05, 0.1) is 22.8 Å². The molecule has 6 nitrogen and oxygen atoms in total. The quantitative estimate of drug-likeness (QED) is 0.294. The molecule has 39 heavy (non-hydrogen) atoms. The number of hydrogen-bond acceptors (Lipinski definition) is 5. The Morgan fingerprint density at radius 3 is 2.77 bits per heavy atom. The molecule has 0 radical (unpaired) electrons. The number of benzene rings is 2. The lowest BCUT2D eigenvalue weighted by Crippen LogP contribution is -2.35. The summed E-state index contributed by atoms with van der Waals surface area (Å²) in [7, 11) is 2.11. The second kappa shape index (κ2) is 12.7. The number of H-pyrrole nitrogens is 1. The molecule has 2 fully saturated rings. The first-order chi connectivity index (χ1) is 19.0. The summed E-state index contributed by atoms with van der Waals surface area (Å²) >= 11 is 0. The van der Waals surface area contributed by atoms with Gasteiger partial charge in [0.2, 0.25) is 0 Å². The lowest BCUT2D eigenvalue weighted by atomic mass is 10.0. The molecule has 1 aliphatic heterocycles. The van der Waals surface area contributed by atoms with Crippen LogP contribution in [0.1, 0.15) is 74.9 Å². The van der Waals surface area contributed by atoms with Crippen molar-refractivity contribution < 1.29 is 13.9 Å². The summed E-state index contributed by atoms with van der Waals surface area (Å²) in [6.07, 6.45) is 5.43. The molecule has 1 N–H and O–H groups in total. The normalized spacial score (nSPS) is 20.4. The number of nitrogens with zero attached hydrogens (tertiary/aromatic N) is 3. The summed E-state index contributed by atoms with van der Waals surface area (Å²) in [6.45, 7) is 4.55. The van der Waals surface area contributed by atoms with Gasteiger partial charge >= 0.3 is 0 Å². The fraction of sp³-hybridized carbons (Fsp3) is 0.469. The summed E-state index contributed by atoms with van der Waals surface area (Å²) in [4.78, 5) is 26.9. The maximum absolute atomic E-state index is 15.3. The molecule has 3 aromatic rings. The van der Waals surface area contributed by atoms with E-state index in [1.165, 1.54) is 6.07 Å². The summed E-state index contributed by atoms with van der Waals surface area (Å²) < 4.78 is 21.8. The zero-order chi connectivity index (χ0) is 27.2. The number of carbonyl (C=O) groups is 1. The second-order valence-electron chi connectivity index (χ2n) is 10.8. The molecule has 1 saturated carbocycles. The number of likely N-dealkylation sites (tertiary alicyclic amines) is 1. The Bertz CT molecular complexity index is 1360. The molecule has 1 saturated heterocycles. The Kier molecular flexibility index (Phi) is 8.85. The molecule has 5 rings (SSSR count). The van der Waals surface area contributed by atoms with Crippen molar-refractivity contribution in [2.75, 3.05) is 26.7 Å². The summed E-state index contributed by atoms with van der Waals surface area (Å²) in [5.74, 6) is 7.04. The van der Waals surface area contributed by atoms with E-state index < -0.39 is 6.10 Å². The van der Waals surface area contributed by atoms with Crippen molar-refractivity contribution in [2.24, 2.45) is 10.9 Å². The first-order valence-corrected chi connectivity index (χ1v) is 14.1. The van der Waals surface area contributed by atoms with Crippen LogP contribution < -0.4 is 0 Å². The van der Waals surface area contributed by atoms with Crippen molar-refractivity contribution in [3.05, 3.63) is 65.2 Å². The first-order valence-electron chi connectivity index (χ1n) is 14.1. The Hall–Kier alpha value is -3.34. The summed E-state index contributed by atoms with van der Waals surface area (Å²) in [5, 5.41) is 0. The zero-order valence-electron chi connectivity index (χ0n) is 22.9. The minimum absolute atomic E-state index is 0.0277. The van der Waals surface area contributed by atoms with E-state index in [0.29, 0.717) is 17.9 Å². The van der Waals surface area contributed by atoms with Gasteiger partial charge in [-0.1, -0.05) is 30.9 Å². The number of carbonyl (C=O) groups excluding carboxylic acids is 1. The van der Waals surface area contributed by atoms with Crippen LogP contribution in [0.4, 0.5) is 4.39 Å². The van der Waals surface area contributed by atoms with E-state index in [4.69, 9.17) is 9.72 Å². The van der Waals surface area contributed by atoms with Gasteiger partial charge in [-0.05, 0) is 75.9 Å². The number of aromatic amines is 1. The van der Waals surface area contributed by atoms with Gasteiger partial charge in [0.25, 0.3) is 0 Å². The molecule has 204 valence electrons. The average Bonchev–Trinajstić information content (AvgIpc) is 3.51. The highest BCUT2D eigenvalue weighted by Crippen LogP contribution is 2.32. The van der Waals surface area contributed by atoms with Crippen molar-refractivity contribution in [3.63, 3.8) is 0 Å². The number of ketones is 1. The van der Waals surface area contributed by atoms with Crippen molar-refractivity contribution >= 4 is 22.5 Å². The molecule has 2 heterocycles. The number of halogens is 1. The Labute approximate surface area is 230 Å². The topological polar surface area (TPSA) is 70.6 Å². The van der Waals surface area contributed by atoms with Crippen molar-refractivity contribution in [1.82, 2.24) is 14.9 Å². The monoisotopic (exact) mass is 528 g/mol. The second-order valence-corrected chi connectivity index (χ2v) is 10.8. The standard InChI is InChI=1S/C32H37FN4O2/c1-22-12-15-29(30(22)38)34-18-8-4-3-5-9-23-13-14-26(33)25(21-23)31(39-24-16-19-37(2)20-17-24)32-35-27-10-6-7-11-28(27)36-32/h6-7,10-11,13-14,21-22,24,31H,3-4,8,12,15-20H2,1-2H3,(H,35,36). The lowest BCUT2D eigenvalue weighted by Gasteiger charge is -2.31. The number of ether oxygens (including phenoxy) is 1. The predicted octanol–water partition coefficient (Wildman–Crippen LogP) is 5.86. The summed E-state index contributed by atoms with van der Waals surface area (Å²) in [6, 6.07) is 12.8. The van der Waals surface area contributed by atoms with Crippen molar-refractivity contribution in [3.8, 4) is 11.8 Å². The van der Waals surface area contributed by atoms with Gasteiger partial charge in [0.15, 0.2) is 5.78 Å². The molecule has 1 aromatic heterocycles. The van der Waals surface area contributed by atoms with Gasteiger partial charge in [-0.25, -0.2) is 9.37 Å². The third-order valence-corrected chi connectivity index (χ3v) is 7.72. The smallest absolute Gasteiger partial charge is 0.179 e. The molecular formula is C32H37FN4O2. The SMILES string of the molecule is CC1CCC(=NCCCCC#Cc2ccc(F)c(C(OC3CCN(C)CC3)c3nc4ccccc4[nH]3)c2)C1=O. The molecule has 2 aliphatic rings. The molecular weight excluding hydrogens is 491 g/mol. The third-order valence-electron chi connectivity index (χ3n) is 7.72. The van der Waals surface area contributed by atoms with Crippen LogP contribution in [0.25, 0.3) is 11.0 Å². The number of rotatable bonds is 8. The van der Waals surface area contributed by atoms with Gasteiger partial charge < -0.3 is 14.6 Å². The van der Waals surface area contributed by atoms with Gasteiger partial charge in [0, 0.05) is 43.1 Å². The Balaban J connectivity index is 1.28. The largest absolute Gasteiger partial charge is 0.362 e. The van der Waals surface area contributed by atoms with Crippen LogP contribution in [0.5, 0.6) is 0 Å².